The van der Waals surface area contributed by atoms with Crippen molar-refractivity contribution < 1.29 is 19.1 Å². The molecule has 3 aromatic rings. The number of nitriles is 1. The molecule has 0 aliphatic rings. The van der Waals surface area contributed by atoms with E-state index in [4.69, 9.17) is 9.47 Å². The fraction of sp³-hybridized carbons (Fsp3) is 0.192. The normalized spacial score (nSPS) is 10.9. The average molecular weight is 444 g/mol. The van der Waals surface area contributed by atoms with E-state index in [1.165, 1.54) is 0 Å². The third-order valence-corrected chi connectivity index (χ3v) is 5.08. The lowest BCUT2D eigenvalue weighted by atomic mass is 10.1. The molecule has 1 aromatic heterocycles. The van der Waals surface area contributed by atoms with Crippen molar-refractivity contribution in [2.45, 2.75) is 20.8 Å². The fourth-order valence-electron chi connectivity index (χ4n) is 3.52. The summed E-state index contributed by atoms with van der Waals surface area (Å²) in [6.07, 6.45) is 1.56. The zero-order valence-corrected chi connectivity index (χ0v) is 19.0. The van der Waals surface area contributed by atoms with Gasteiger partial charge >= 0.3 is 5.97 Å². The molecule has 2 aromatic carbocycles. The van der Waals surface area contributed by atoms with E-state index in [0.717, 1.165) is 22.6 Å². The summed E-state index contributed by atoms with van der Waals surface area (Å²) in [5.74, 6) is -0.299. The molecule has 1 amide bonds. The molecule has 1 N–H and O–H groups in total. The highest BCUT2D eigenvalue weighted by molar-refractivity contribution is 6.09. The van der Waals surface area contributed by atoms with E-state index in [-0.39, 0.29) is 11.5 Å². The summed E-state index contributed by atoms with van der Waals surface area (Å²) in [6.45, 7) is 5.88. The molecule has 0 atom stereocenters. The van der Waals surface area contributed by atoms with E-state index < -0.39 is 5.91 Å². The number of methoxy groups -OCH3 is 1. The largest absolute Gasteiger partial charge is 0.497 e. The molecule has 0 radical (unpaired) electrons. The van der Waals surface area contributed by atoms with Gasteiger partial charge in [-0.05, 0) is 68.8 Å². The highest BCUT2D eigenvalue weighted by Gasteiger charge is 2.15. The molecule has 0 saturated heterocycles. The summed E-state index contributed by atoms with van der Waals surface area (Å²) in [5, 5.41) is 12.3. The Bertz CT molecular complexity index is 1260. The van der Waals surface area contributed by atoms with Crippen molar-refractivity contribution in [3.05, 3.63) is 82.7 Å². The van der Waals surface area contributed by atoms with Crippen LogP contribution in [0.1, 0.15) is 34.2 Å². The van der Waals surface area contributed by atoms with E-state index in [9.17, 15) is 14.9 Å². The molecular weight excluding hydrogens is 418 g/mol. The first kappa shape index (κ1) is 23.4. The number of rotatable bonds is 7. The molecule has 3 rings (SSSR count). The molecule has 0 aliphatic carbocycles. The van der Waals surface area contributed by atoms with Gasteiger partial charge in [0.25, 0.3) is 5.91 Å². The number of nitrogens with zero attached hydrogens (tertiary/aromatic N) is 2. The van der Waals surface area contributed by atoms with Crippen molar-refractivity contribution in [2.24, 2.45) is 0 Å². The van der Waals surface area contributed by atoms with E-state index in [1.807, 2.05) is 36.6 Å². The smallest absolute Gasteiger partial charge is 0.338 e. The SMILES string of the molecule is CCOC(=O)c1cccc(-n2c(C)cc(/C=C(/C#N)C(=O)Nc3cccc(OC)c3)c2C)c1. The van der Waals surface area contributed by atoms with Crippen LogP contribution in [0.2, 0.25) is 0 Å². The first-order valence-corrected chi connectivity index (χ1v) is 10.4. The molecule has 7 nitrogen and oxygen atoms in total. The van der Waals surface area contributed by atoms with E-state index in [1.54, 1.807) is 62.6 Å². The number of hydrogen-bond donors (Lipinski definition) is 1. The maximum atomic E-state index is 12.7. The van der Waals surface area contributed by atoms with Gasteiger partial charge in [0.2, 0.25) is 0 Å². The summed E-state index contributed by atoms with van der Waals surface area (Å²) in [6, 6.07) is 17.9. The number of hydrogen-bond acceptors (Lipinski definition) is 5. The molecule has 0 aliphatic heterocycles. The molecule has 0 spiro atoms. The highest BCUT2D eigenvalue weighted by Crippen LogP contribution is 2.24. The van der Waals surface area contributed by atoms with Crippen LogP contribution in [-0.4, -0.2) is 30.2 Å². The predicted molar refractivity (Wildman–Crippen MR) is 126 cm³/mol. The summed E-state index contributed by atoms with van der Waals surface area (Å²) in [4.78, 5) is 24.8. The zero-order chi connectivity index (χ0) is 24.0. The Hall–Kier alpha value is -4.31. The minimum Gasteiger partial charge on any atom is -0.497 e. The van der Waals surface area contributed by atoms with Gasteiger partial charge in [-0.1, -0.05) is 12.1 Å². The lowest BCUT2D eigenvalue weighted by molar-refractivity contribution is -0.112. The summed E-state index contributed by atoms with van der Waals surface area (Å²) < 4.78 is 12.2. The molecule has 7 heteroatoms. The second kappa shape index (κ2) is 10.3. The second-order valence-corrected chi connectivity index (χ2v) is 7.29. The lowest BCUT2D eigenvalue weighted by Gasteiger charge is -2.11. The zero-order valence-electron chi connectivity index (χ0n) is 19.0. The minimum absolute atomic E-state index is 0.0293. The van der Waals surface area contributed by atoms with Crippen LogP contribution in [-0.2, 0) is 9.53 Å². The molecule has 0 saturated carbocycles. The summed E-state index contributed by atoms with van der Waals surface area (Å²) in [7, 11) is 1.54. The Labute approximate surface area is 192 Å². The number of aromatic nitrogens is 1. The van der Waals surface area contributed by atoms with Gasteiger partial charge in [0.15, 0.2) is 0 Å². The molecule has 0 bridgehead atoms. The van der Waals surface area contributed by atoms with Crippen LogP contribution in [0.25, 0.3) is 11.8 Å². The summed E-state index contributed by atoms with van der Waals surface area (Å²) >= 11 is 0. The Balaban J connectivity index is 1.92. The average Bonchev–Trinajstić information content (AvgIpc) is 3.10. The maximum Gasteiger partial charge on any atom is 0.338 e. The van der Waals surface area contributed by atoms with Gasteiger partial charge in [0, 0.05) is 28.8 Å². The van der Waals surface area contributed by atoms with Gasteiger partial charge < -0.3 is 19.4 Å². The Morgan fingerprint density at radius 3 is 2.58 bits per heavy atom. The van der Waals surface area contributed by atoms with Gasteiger partial charge in [0.05, 0.1) is 19.3 Å². The Kier molecular flexibility index (Phi) is 7.31. The van der Waals surface area contributed by atoms with Crippen LogP contribution >= 0.6 is 0 Å². The second-order valence-electron chi connectivity index (χ2n) is 7.29. The topological polar surface area (TPSA) is 93.4 Å². The lowest BCUT2D eigenvalue weighted by Crippen LogP contribution is -2.13. The first-order chi connectivity index (χ1) is 15.9. The van der Waals surface area contributed by atoms with Crippen molar-refractivity contribution in [1.82, 2.24) is 4.57 Å². The number of ether oxygens (including phenoxy) is 2. The number of carbonyl (C=O) groups excluding carboxylic acids is 2. The molecule has 0 unspecified atom stereocenters. The minimum atomic E-state index is -0.514. The number of carbonyl (C=O) groups is 2. The van der Waals surface area contributed by atoms with Crippen molar-refractivity contribution in [1.29, 1.82) is 5.26 Å². The Morgan fingerprint density at radius 1 is 1.12 bits per heavy atom. The van der Waals surface area contributed by atoms with Crippen molar-refractivity contribution in [3.8, 4) is 17.5 Å². The molecule has 33 heavy (non-hydrogen) atoms. The van der Waals surface area contributed by atoms with Crippen LogP contribution in [0.4, 0.5) is 5.69 Å². The number of anilines is 1. The maximum absolute atomic E-state index is 12.7. The van der Waals surface area contributed by atoms with Gasteiger partial charge in [-0.3, -0.25) is 4.79 Å². The Morgan fingerprint density at radius 2 is 1.88 bits per heavy atom. The monoisotopic (exact) mass is 443 g/mol. The molecule has 168 valence electrons. The number of amides is 1. The van der Waals surface area contributed by atoms with Gasteiger partial charge in [-0.25, -0.2) is 4.79 Å². The summed E-state index contributed by atoms with van der Waals surface area (Å²) in [5.41, 5.74) is 4.19. The van der Waals surface area contributed by atoms with Crippen LogP contribution < -0.4 is 10.1 Å². The quantitative estimate of drug-likeness (QED) is 0.321. The number of esters is 1. The van der Waals surface area contributed by atoms with E-state index in [0.29, 0.717) is 23.6 Å². The van der Waals surface area contributed by atoms with E-state index in [2.05, 4.69) is 5.32 Å². The molecule has 1 heterocycles. The van der Waals surface area contributed by atoms with Crippen molar-refractivity contribution in [3.63, 3.8) is 0 Å². The third-order valence-electron chi connectivity index (χ3n) is 5.08. The van der Waals surface area contributed by atoms with Crippen LogP contribution in [0, 0.1) is 25.2 Å². The highest BCUT2D eigenvalue weighted by atomic mass is 16.5. The van der Waals surface area contributed by atoms with Gasteiger partial charge in [-0.2, -0.15) is 5.26 Å². The van der Waals surface area contributed by atoms with Gasteiger partial charge in [-0.15, -0.1) is 0 Å². The standard InChI is InChI=1S/C26H25N3O4/c1-5-33-26(31)19-8-6-10-23(14-19)29-17(2)12-20(18(29)3)13-21(16-27)25(30)28-22-9-7-11-24(15-22)32-4/h6-15H,5H2,1-4H3,(H,28,30)/b21-13-. The van der Waals surface area contributed by atoms with Crippen LogP contribution in [0.3, 0.4) is 0 Å². The molecule has 0 fully saturated rings. The number of aryl methyl sites for hydroxylation is 1. The predicted octanol–water partition coefficient (Wildman–Crippen LogP) is 4.83. The van der Waals surface area contributed by atoms with Crippen molar-refractivity contribution in [2.75, 3.05) is 19.0 Å². The van der Waals surface area contributed by atoms with Crippen LogP contribution in [0.15, 0.2) is 60.2 Å². The van der Waals surface area contributed by atoms with E-state index >= 15 is 0 Å². The fourth-order valence-corrected chi connectivity index (χ4v) is 3.52. The third kappa shape index (κ3) is 5.31. The van der Waals surface area contributed by atoms with Gasteiger partial charge in [0.1, 0.15) is 17.4 Å². The first-order valence-electron chi connectivity index (χ1n) is 10.4. The molecular formula is C26H25N3O4. The number of benzene rings is 2. The van der Waals surface area contributed by atoms with Crippen LogP contribution in [0.5, 0.6) is 5.75 Å². The number of nitrogens with one attached hydrogen (secondary N) is 1. The van der Waals surface area contributed by atoms with Crippen molar-refractivity contribution >= 4 is 23.6 Å².